The molecule has 0 spiro atoms. The smallest absolute Gasteiger partial charge is 0.260 e. The summed E-state index contributed by atoms with van der Waals surface area (Å²) in [5, 5.41) is 12.3. The van der Waals surface area contributed by atoms with Crippen molar-refractivity contribution in [3.63, 3.8) is 0 Å². The lowest BCUT2D eigenvalue weighted by atomic mass is 10.0. The zero-order valence-electron chi connectivity index (χ0n) is 18.7. The van der Waals surface area contributed by atoms with Gasteiger partial charge in [0.2, 0.25) is 5.91 Å². The van der Waals surface area contributed by atoms with Crippen molar-refractivity contribution in [2.75, 3.05) is 27.3 Å². The van der Waals surface area contributed by atoms with E-state index >= 15 is 0 Å². The average Bonchev–Trinajstić information content (AvgIpc) is 2.80. The Kier molecular flexibility index (Phi) is 7.81. The molecule has 1 fully saturated rings. The summed E-state index contributed by atoms with van der Waals surface area (Å²) in [4.78, 5) is 27.0. The van der Waals surface area contributed by atoms with Crippen LogP contribution >= 0.6 is 0 Å². The number of carbonyl (C=O) groups excluding carboxylic acids is 2. The Balaban J connectivity index is 1.45. The number of rotatable bonds is 8. The third kappa shape index (κ3) is 6.06. The zero-order valence-corrected chi connectivity index (χ0v) is 18.7. The SMILES string of the molecule is COc1ccc(CC(=O)N2CCC(NC(=O)C(C)Oc3ccc(O)cc3)CC2)cc1OC. The molecule has 32 heavy (non-hydrogen) atoms. The summed E-state index contributed by atoms with van der Waals surface area (Å²) >= 11 is 0. The normalized spacial score (nSPS) is 15.0. The largest absolute Gasteiger partial charge is 0.508 e. The summed E-state index contributed by atoms with van der Waals surface area (Å²) in [7, 11) is 3.14. The number of benzene rings is 2. The van der Waals surface area contributed by atoms with Crippen molar-refractivity contribution in [2.45, 2.75) is 38.3 Å². The Morgan fingerprint density at radius 2 is 1.72 bits per heavy atom. The maximum Gasteiger partial charge on any atom is 0.260 e. The van der Waals surface area contributed by atoms with Gasteiger partial charge in [-0.25, -0.2) is 0 Å². The molecular weight excluding hydrogens is 412 g/mol. The first-order valence-electron chi connectivity index (χ1n) is 10.6. The lowest BCUT2D eigenvalue weighted by Crippen LogP contribution is -2.49. The van der Waals surface area contributed by atoms with Crippen molar-refractivity contribution >= 4 is 11.8 Å². The van der Waals surface area contributed by atoms with Gasteiger partial charge in [-0.2, -0.15) is 0 Å². The molecule has 0 radical (unpaired) electrons. The summed E-state index contributed by atoms with van der Waals surface area (Å²) in [5.74, 6) is 1.73. The molecule has 8 nitrogen and oxygen atoms in total. The average molecular weight is 443 g/mol. The van der Waals surface area contributed by atoms with Crippen LogP contribution in [0.15, 0.2) is 42.5 Å². The summed E-state index contributed by atoms with van der Waals surface area (Å²) in [6, 6.07) is 11.7. The van der Waals surface area contributed by atoms with Gasteiger partial charge in [-0.05, 0) is 61.7 Å². The van der Waals surface area contributed by atoms with Crippen molar-refractivity contribution in [1.29, 1.82) is 0 Å². The van der Waals surface area contributed by atoms with Crippen LogP contribution in [0, 0.1) is 0 Å². The summed E-state index contributed by atoms with van der Waals surface area (Å²) in [6.45, 7) is 2.86. The van der Waals surface area contributed by atoms with E-state index in [9.17, 15) is 14.7 Å². The van der Waals surface area contributed by atoms with E-state index in [1.54, 1.807) is 39.3 Å². The minimum absolute atomic E-state index is 0.00139. The molecule has 0 aliphatic carbocycles. The number of nitrogens with zero attached hydrogens (tertiary/aromatic N) is 1. The second-order valence-electron chi connectivity index (χ2n) is 7.78. The standard InChI is InChI=1S/C24H30N2O6/c1-16(32-20-7-5-19(27)6-8-20)24(29)25-18-10-12-26(13-11-18)23(28)15-17-4-9-21(30-2)22(14-17)31-3/h4-9,14,16,18,27H,10-13,15H2,1-3H3,(H,25,29). The molecular formula is C24H30N2O6. The zero-order chi connectivity index (χ0) is 23.1. The molecule has 1 saturated heterocycles. The van der Waals surface area contributed by atoms with Crippen LogP contribution in [0.5, 0.6) is 23.0 Å². The molecule has 8 heteroatoms. The highest BCUT2D eigenvalue weighted by atomic mass is 16.5. The van der Waals surface area contributed by atoms with Crippen LogP contribution in [0.2, 0.25) is 0 Å². The molecule has 1 atom stereocenters. The molecule has 2 aromatic rings. The second-order valence-corrected chi connectivity index (χ2v) is 7.78. The van der Waals surface area contributed by atoms with Gasteiger partial charge in [-0.3, -0.25) is 9.59 Å². The quantitative estimate of drug-likeness (QED) is 0.652. The van der Waals surface area contributed by atoms with E-state index in [1.807, 2.05) is 17.0 Å². The van der Waals surface area contributed by atoms with Crippen LogP contribution < -0.4 is 19.5 Å². The number of phenolic OH excluding ortho intramolecular Hbond substituents is 1. The van der Waals surface area contributed by atoms with Gasteiger partial charge in [0.05, 0.1) is 20.6 Å². The predicted molar refractivity (Wildman–Crippen MR) is 119 cm³/mol. The molecule has 2 N–H and O–H groups in total. The minimum atomic E-state index is -0.663. The maximum atomic E-state index is 12.7. The molecule has 172 valence electrons. The van der Waals surface area contributed by atoms with Gasteiger partial charge >= 0.3 is 0 Å². The molecule has 0 saturated carbocycles. The molecule has 0 aromatic heterocycles. The molecule has 0 bridgehead atoms. The highest BCUT2D eigenvalue weighted by Gasteiger charge is 2.26. The van der Waals surface area contributed by atoms with Crippen molar-refractivity contribution in [3.8, 4) is 23.0 Å². The number of methoxy groups -OCH3 is 2. The Hall–Kier alpha value is -3.42. The van der Waals surface area contributed by atoms with Crippen LogP contribution in [0.1, 0.15) is 25.3 Å². The number of piperidine rings is 1. The monoisotopic (exact) mass is 442 g/mol. The number of carbonyl (C=O) groups is 2. The number of hydrogen-bond donors (Lipinski definition) is 2. The van der Waals surface area contributed by atoms with Gasteiger partial charge in [0.15, 0.2) is 17.6 Å². The van der Waals surface area contributed by atoms with Crippen LogP contribution in [-0.2, 0) is 16.0 Å². The highest BCUT2D eigenvalue weighted by Crippen LogP contribution is 2.28. The summed E-state index contributed by atoms with van der Waals surface area (Å²) < 4.78 is 16.2. The number of nitrogens with one attached hydrogen (secondary N) is 1. The number of ether oxygens (including phenoxy) is 3. The van der Waals surface area contributed by atoms with E-state index in [0.717, 1.165) is 5.56 Å². The fourth-order valence-corrected chi connectivity index (χ4v) is 3.65. The second kappa shape index (κ2) is 10.7. The van der Waals surface area contributed by atoms with Gasteiger partial charge in [0.1, 0.15) is 11.5 Å². The Morgan fingerprint density at radius 3 is 2.34 bits per heavy atom. The fraction of sp³-hybridized carbons (Fsp3) is 0.417. The molecule has 1 heterocycles. The number of likely N-dealkylation sites (tertiary alicyclic amines) is 1. The van der Waals surface area contributed by atoms with E-state index in [4.69, 9.17) is 14.2 Å². The molecule has 3 rings (SSSR count). The molecule has 1 aliphatic heterocycles. The van der Waals surface area contributed by atoms with Crippen LogP contribution in [0.4, 0.5) is 0 Å². The van der Waals surface area contributed by atoms with Crippen LogP contribution in [-0.4, -0.2) is 61.3 Å². The lowest BCUT2D eigenvalue weighted by Gasteiger charge is -2.33. The van der Waals surface area contributed by atoms with Crippen molar-refractivity contribution in [3.05, 3.63) is 48.0 Å². The van der Waals surface area contributed by atoms with Crippen LogP contribution in [0.25, 0.3) is 0 Å². The molecule has 1 unspecified atom stereocenters. The van der Waals surface area contributed by atoms with Gasteiger partial charge in [0.25, 0.3) is 5.91 Å². The summed E-state index contributed by atoms with van der Waals surface area (Å²) in [6.07, 6.45) is 1.00. The van der Waals surface area contributed by atoms with Crippen molar-refractivity contribution in [2.24, 2.45) is 0 Å². The van der Waals surface area contributed by atoms with E-state index < -0.39 is 6.10 Å². The Bertz CT molecular complexity index is 923. The minimum Gasteiger partial charge on any atom is -0.508 e. The van der Waals surface area contributed by atoms with E-state index in [0.29, 0.717) is 43.2 Å². The third-order valence-electron chi connectivity index (χ3n) is 5.52. The summed E-state index contributed by atoms with van der Waals surface area (Å²) in [5.41, 5.74) is 0.864. The molecule has 2 aromatic carbocycles. The van der Waals surface area contributed by atoms with E-state index in [-0.39, 0.29) is 30.0 Å². The first-order chi connectivity index (χ1) is 15.4. The van der Waals surface area contributed by atoms with Gasteiger partial charge < -0.3 is 29.5 Å². The first kappa shape index (κ1) is 23.2. The maximum absolute atomic E-state index is 12.7. The number of phenols is 1. The van der Waals surface area contributed by atoms with Gasteiger partial charge in [-0.15, -0.1) is 0 Å². The van der Waals surface area contributed by atoms with Gasteiger partial charge in [-0.1, -0.05) is 6.07 Å². The fourth-order valence-electron chi connectivity index (χ4n) is 3.65. The topological polar surface area (TPSA) is 97.3 Å². The number of hydrogen-bond acceptors (Lipinski definition) is 6. The van der Waals surface area contributed by atoms with Gasteiger partial charge in [0, 0.05) is 19.1 Å². The lowest BCUT2D eigenvalue weighted by molar-refractivity contribution is -0.132. The van der Waals surface area contributed by atoms with E-state index in [1.165, 1.54) is 12.1 Å². The molecule has 1 aliphatic rings. The van der Waals surface area contributed by atoms with Crippen LogP contribution in [0.3, 0.4) is 0 Å². The predicted octanol–water partition coefficient (Wildman–Crippen LogP) is 2.53. The highest BCUT2D eigenvalue weighted by molar-refractivity contribution is 5.81. The number of amides is 2. The number of aromatic hydroxyl groups is 1. The Morgan fingerprint density at radius 1 is 1.06 bits per heavy atom. The molecule has 2 amide bonds. The first-order valence-corrected chi connectivity index (χ1v) is 10.6. The van der Waals surface area contributed by atoms with Crippen molar-refractivity contribution in [1.82, 2.24) is 10.2 Å². The van der Waals surface area contributed by atoms with E-state index in [2.05, 4.69) is 5.32 Å². The third-order valence-corrected chi connectivity index (χ3v) is 5.52. The van der Waals surface area contributed by atoms with Crippen molar-refractivity contribution < 1.29 is 28.9 Å². The Labute approximate surface area is 188 Å².